The molecule has 1 aromatic heterocycles. The minimum absolute atomic E-state index is 0.322. The molecule has 25 heavy (non-hydrogen) atoms. The number of benzene rings is 2. The lowest BCUT2D eigenvalue weighted by molar-refractivity contribution is 0.0998. The van der Waals surface area contributed by atoms with Crippen LogP contribution in [0.5, 0.6) is 5.75 Å². The van der Waals surface area contributed by atoms with Crippen LogP contribution in [0.3, 0.4) is 0 Å². The van der Waals surface area contributed by atoms with E-state index < -0.39 is 0 Å². The van der Waals surface area contributed by atoms with Gasteiger partial charge in [0.05, 0.1) is 16.8 Å². The summed E-state index contributed by atoms with van der Waals surface area (Å²) < 4.78 is 8.52. The van der Waals surface area contributed by atoms with E-state index >= 15 is 0 Å². The first kappa shape index (κ1) is 17.5. The number of thiazole rings is 1. The number of carbonyl (C=O) groups excluding carboxylic acids is 1. The zero-order chi connectivity index (χ0) is 17.8. The molecule has 0 aliphatic heterocycles. The highest BCUT2D eigenvalue weighted by molar-refractivity contribution is 7.16. The lowest BCUT2D eigenvalue weighted by Gasteiger charge is -2.04. The monoisotopic (exact) mass is 372 g/mol. The van der Waals surface area contributed by atoms with Gasteiger partial charge in [-0.25, -0.2) is 0 Å². The summed E-state index contributed by atoms with van der Waals surface area (Å²) in [6, 6.07) is 12.6. The van der Waals surface area contributed by atoms with Crippen LogP contribution >= 0.6 is 22.9 Å². The molecule has 0 saturated carbocycles. The summed E-state index contributed by atoms with van der Waals surface area (Å²) in [6.07, 6.45) is 1.78. The van der Waals surface area contributed by atoms with E-state index in [9.17, 15) is 4.79 Å². The average Bonchev–Trinajstić information content (AvgIpc) is 2.92. The number of halogens is 1. The Bertz CT molecular complexity index is 1000. The van der Waals surface area contributed by atoms with Gasteiger partial charge in [-0.05, 0) is 43.3 Å². The number of fused-ring (bicyclic) bond motifs is 1. The smallest absolute Gasteiger partial charge is 0.279 e. The Balaban J connectivity index is 2.11. The van der Waals surface area contributed by atoms with Gasteiger partial charge in [-0.3, -0.25) is 4.79 Å². The van der Waals surface area contributed by atoms with Crippen molar-refractivity contribution in [3.8, 4) is 5.75 Å². The maximum atomic E-state index is 12.5. The van der Waals surface area contributed by atoms with Crippen LogP contribution in [0, 0.1) is 0 Å². The molecule has 0 saturated heterocycles. The van der Waals surface area contributed by atoms with Crippen molar-refractivity contribution in [2.75, 3.05) is 6.61 Å². The van der Waals surface area contributed by atoms with Crippen LogP contribution in [0.1, 0.15) is 17.3 Å². The highest BCUT2D eigenvalue weighted by Gasteiger charge is 2.10. The number of carbonyl (C=O) groups is 1. The predicted octanol–water partition coefficient (Wildman–Crippen LogP) is 4.68. The van der Waals surface area contributed by atoms with Crippen molar-refractivity contribution in [3.63, 3.8) is 0 Å². The largest absolute Gasteiger partial charge is 0.494 e. The van der Waals surface area contributed by atoms with Crippen molar-refractivity contribution >= 4 is 39.1 Å². The molecule has 0 fully saturated rings. The maximum Gasteiger partial charge on any atom is 0.279 e. The zero-order valence-corrected chi connectivity index (χ0v) is 15.3. The van der Waals surface area contributed by atoms with Gasteiger partial charge in [0.15, 0.2) is 4.80 Å². The summed E-state index contributed by atoms with van der Waals surface area (Å²) in [7, 11) is 0. The Morgan fingerprint density at radius 2 is 2.20 bits per heavy atom. The van der Waals surface area contributed by atoms with Crippen molar-refractivity contribution in [1.82, 2.24) is 4.57 Å². The van der Waals surface area contributed by atoms with Gasteiger partial charge in [-0.1, -0.05) is 35.1 Å². The number of ether oxygens (including phenoxy) is 1. The molecule has 3 aromatic rings. The van der Waals surface area contributed by atoms with Crippen molar-refractivity contribution in [3.05, 3.63) is 70.5 Å². The minimum atomic E-state index is -0.322. The third-order valence-corrected chi connectivity index (χ3v) is 4.82. The Morgan fingerprint density at radius 1 is 1.36 bits per heavy atom. The predicted molar refractivity (Wildman–Crippen MR) is 103 cm³/mol. The van der Waals surface area contributed by atoms with E-state index in [1.807, 2.05) is 29.7 Å². The summed E-state index contributed by atoms with van der Waals surface area (Å²) in [5.41, 5.74) is 1.45. The topological polar surface area (TPSA) is 43.6 Å². The van der Waals surface area contributed by atoms with Crippen molar-refractivity contribution in [1.29, 1.82) is 0 Å². The highest BCUT2D eigenvalue weighted by Crippen LogP contribution is 2.23. The van der Waals surface area contributed by atoms with Crippen molar-refractivity contribution in [2.24, 2.45) is 4.99 Å². The Morgan fingerprint density at radius 3 is 2.92 bits per heavy atom. The van der Waals surface area contributed by atoms with E-state index in [1.165, 1.54) is 11.3 Å². The van der Waals surface area contributed by atoms with Crippen LogP contribution in [-0.4, -0.2) is 17.1 Å². The van der Waals surface area contributed by atoms with Gasteiger partial charge < -0.3 is 9.30 Å². The first-order chi connectivity index (χ1) is 12.1. The third kappa shape index (κ3) is 3.83. The molecule has 0 spiro atoms. The standard InChI is InChI=1S/C19H17ClN2O2S/c1-3-10-22-16-9-8-15(24-4-2)12-17(16)25-19(22)21-18(23)13-6-5-7-14(20)11-13/h3,5-9,11-12H,1,4,10H2,2H3. The van der Waals surface area contributed by atoms with E-state index in [0.29, 0.717) is 28.5 Å². The summed E-state index contributed by atoms with van der Waals surface area (Å²) in [6.45, 7) is 6.91. The number of hydrogen-bond acceptors (Lipinski definition) is 3. The van der Waals surface area contributed by atoms with Crippen LogP contribution < -0.4 is 9.54 Å². The quantitative estimate of drug-likeness (QED) is 0.610. The Hall–Kier alpha value is -2.37. The molecule has 6 heteroatoms. The van der Waals surface area contributed by atoms with Gasteiger partial charge >= 0.3 is 0 Å². The van der Waals surface area contributed by atoms with E-state index in [0.717, 1.165) is 16.0 Å². The average molecular weight is 373 g/mol. The number of aromatic nitrogens is 1. The minimum Gasteiger partial charge on any atom is -0.494 e. The fourth-order valence-corrected chi connectivity index (χ4v) is 3.73. The van der Waals surface area contributed by atoms with Crippen LogP contribution in [0.2, 0.25) is 5.02 Å². The number of nitrogens with zero attached hydrogens (tertiary/aromatic N) is 2. The van der Waals surface area contributed by atoms with Crippen LogP contribution in [0.15, 0.2) is 60.1 Å². The van der Waals surface area contributed by atoms with E-state index in [2.05, 4.69) is 11.6 Å². The lowest BCUT2D eigenvalue weighted by Crippen LogP contribution is -2.16. The summed E-state index contributed by atoms with van der Waals surface area (Å²) in [4.78, 5) is 17.4. The summed E-state index contributed by atoms with van der Waals surface area (Å²) in [5, 5.41) is 0.512. The zero-order valence-electron chi connectivity index (χ0n) is 13.7. The second kappa shape index (κ2) is 7.68. The van der Waals surface area contributed by atoms with Gasteiger partial charge in [-0.2, -0.15) is 4.99 Å². The SMILES string of the molecule is C=CCn1c(=NC(=O)c2cccc(Cl)c2)sc2cc(OCC)ccc21. The van der Waals surface area contributed by atoms with Crippen molar-refractivity contribution in [2.45, 2.75) is 13.5 Å². The molecule has 0 aliphatic rings. The fraction of sp³-hybridized carbons (Fsp3) is 0.158. The van der Waals surface area contributed by atoms with Crippen molar-refractivity contribution < 1.29 is 9.53 Å². The first-order valence-electron chi connectivity index (χ1n) is 7.84. The third-order valence-electron chi connectivity index (χ3n) is 3.55. The number of hydrogen-bond donors (Lipinski definition) is 0. The second-order valence-corrected chi connectivity index (χ2v) is 6.72. The van der Waals surface area contributed by atoms with Gasteiger partial charge in [0.1, 0.15) is 5.75 Å². The van der Waals surface area contributed by atoms with Gasteiger partial charge in [0.2, 0.25) is 0 Å². The van der Waals surface area contributed by atoms with E-state index in [1.54, 1.807) is 30.3 Å². The molecule has 0 bridgehead atoms. The summed E-state index contributed by atoms with van der Waals surface area (Å²) >= 11 is 7.41. The molecule has 0 atom stereocenters. The first-order valence-corrected chi connectivity index (χ1v) is 9.03. The van der Waals surface area contributed by atoms with Gasteiger partial charge in [0, 0.05) is 17.1 Å². The molecular formula is C19H17ClN2O2S. The fourth-order valence-electron chi connectivity index (χ4n) is 2.47. The molecule has 0 aliphatic carbocycles. The molecule has 0 radical (unpaired) electrons. The maximum absolute atomic E-state index is 12.5. The lowest BCUT2D eigenvalue weighted by atomic mass is 10.2. The number of allylic oxidation sites excluding steroid dienone is 1. The molecule has 0 N–H and O–H groups in total. The van der Waals surface area contributed by atoms with Crippen LogP contribution in [0.4, 0.5) is 0 Å². The van der Waals surface area contributed by atoms with Gasteiger partial charge in [-0.15, -0.1) is 6.58 Å². The number of amides is 1. The summed E-state index contributed by atoms with van der Waals surface area (Å²) in [5.74, 6) is 0.478. The van der Waals surface area contributed by atoms with Gasteiger partial charge in [0.25, 0.3) is 5.91 Å². The van der Waals surface area contributed by atoms with Crippen LogP contribution in [-0.2, 0) is 6.54 Å². The highest BCUT2D eigenvalue weighted by atomic mass is 35.5. The molecule has 128 valence electrons. The number of rotatable bonds is 5. The molecule has 1 amide bonds. The molecule has 0 unspecified atom stereocenters. The van der Waals surface area contributed by atoms with E-state index in [4.69, 9.17) is 16.3 Å². The molecule has 4 nitrogen and oxygen atoms in total. The molecule has 1 heterocycles. The molecule has 2 aromatic carbocycles. The molecule has 3 rings (SSSR count). The second-order valence-electron chi connectivity index (χ2n) is 5.27. The van der Waals surface area contributed by atoms with E-state index in [-0.39, 0.29) is 5.91 Å². The molecular weight excluding hydrogens is 356 g/mol. The normalized spacial score (nSPS) is 11.7. The Labute approximate surface area is 154 Å². The Kier molecular flexibility index (Phi) is 5.36. The van der Waals surface area contributed by atoms with Crippen LogP contribution in [0.25, 0.3) is 10.2 Å².